The van der Waals surface area contributed by atoms with Gasteiger partial charge < -0.3 is 21.5 Å². The molecule has 8 heteroatoms. The molecule has 0 aromatic carbocycles. The molecule has 3 heterocycles. The Balaban J connectivity index is 0.000000186. The van der Waals surface area contributed by atoms with Gasteiger partial charge >= 0.3 is 5.97 Å². The number of nitrogens with two attached hydrogens (primary N) is 2. The maximum Gasteiger partial charge on any atom is 0.356 e. The fourth-order valence-corrected chi connectivity index (χ4v) is 2.15. The number of anilines is 2. The van der Waals surface area contributed by atoms with E-state index in [-0.39, 0.29) is 17.3 Å². The van der Waals surface area contributed by atoms with E-state index in [4.69, 9.17) is 16.6 Å². The Morgan fingerprint density at radius 1 is 0.960 bits per heavy atom. The smallest absolute Gasteiger partial charge is 0.356 e. The van der Waals surface area contributed by atoms with Crippen LogP contribution < -0.4 is 11.5 Å². The number of likely N-dealkylation sites (tertiary alicyclic amines) is 1. The molecule has 1 aliphatic rings. The van der Waals surface area contributed by atoms with Crippen molar-refractivity contribution >= 4 is 23.3 Å². The third-order valence-corrected chi connectivity index (χ3v) is 3.68. The Labute approximate surface area is 145 Å². The van der Waals surface area contributed by atoms with E-state index >= 15 is 0 Å². The summed E-state index contributed by atoms with van der Waals surface area (Å²) < 4.78 is 0. The normalized spacial score (nSPS) is 12.6. The Morgan fingerprint density at radius 2 is 1.44 bits per heavy atom. The van der Waals surface area contributed by atoms with Gasteiger partial charge in [0.2, 0.25) is 0 Å². The Hall–Kier alpha value is -3.16. The van der Waals surface area contributed by atoms with Gasteiger partial charge in [-0.1, -0.05) is 0 Å². The number of amides is 1. The van der Waals surface area contributed by atoms with Crippen molar-refractivity contribution in [2.75, 3.05) is 24.6 Å². The lowest BCUT2D eigenvalue weighted by Gasteiger charge is -2.30. The number of nitrogen functional groups attached to an aromatic ring is 2. The second-order valence-electron chi connectivity index (χ2n) is 5.73. The van der Waals surface area contributed by atoms with Gasteiger partial charge in [-0.3, -0.25) is 4.79 Å². The van der Waals surface area contributed by atoms with E-state index in [1.807, 2.05) is 13.0 Å². The minimum Gasteiger partial charge on any atom is -0.476 e. The van der Waals surface area contributed by atoms with Gasteiger partial charge in [0.25, 0.3) is 5.91 Å². The van der Waals surface area contributed by atoms with E-state index in [9.17, 15) is 9.59 Å². The van der Waals surface area contributed by atoms with E-state index in [2.05, 4.69) is 9.97 Å². The minimum atomic E-state index is -1.09. The maximum atomic E-state index is 11.8. The number of rotatable bonds is 2. The predicted octanol–water partition coefficient (Wildman–Crippen LogP) is 1.49. The first kappa shape index (κ1) is 18.2. The van der Waals surface area contributed by atoms with Crippen molar-refractivity contribution in [2.24, 2.45) is 0 Å². The van der Waals surface area contributed by atoms with E-state index in [1.54, 1.807) is 24.0 Å². The molecule has 2 aromatic rings. The van der Waals surface area contributed by atoms with Crippen LogP contribution in [0.25, 0.3) is 0 Å². The zero-order valence-corrected chi connectivity index (χ0v) is 14.2. The Morgan fingerprint density at radius 3 is 1.84 bits per heavy atom. The second kappa shape index (κ2) is 7.61. The molecule has 0 atom stereocenters. The monoisotopic (exact) mass is 343 g/mol. The third-order valence-electron chi connectivity index (χ3n) is 3.68. The van der Waals surface area contributed by atoms with E-state index in [0.29, 0.717) is 17.1 Å². The van der Waals surface area contributed by atoms with Crippen molar-refractivity contribution in [1.29, 1.82) is 0 Å². The Bertz CT molecular complexity index is 803. The van der Waals surface area contributed by atoms with E-state index < -0.39 is 5.97 Å². The number of aromatic nitrogens is 2. The minimum absolute atomic E-state index is 0.0440. The number of aromatic carboxylic acids is 1. The van der Waals surface area contributed by atoms with Crippen LogP contribution in [0.3, 0.4) is 0 Å². The van der Waals surface area contributed by atoms with Gasteiger partial charge in [0, 0.05) is 24.5 Å². The zero-order valence-electron chi connectivity index (χ0n) is 14.2. The number of carboxylic acids is 1. The van der Waals surface area contributed by atoms with Crippen molar-refractivity contribution in [2.45, 2.75) is 20.3 Å². The molecular formula is C17H21N5O3. The fourth-order valence-electron chi connectivity index (χ4n) is 2.15. The van der Waals surface area contributed by atoms with Gasteiger partial charge in [-0.15, -0.1) is 0 Å². The zero-order chi connectivity index (χ0) is 18.6. The largest absolute Gasteiger partial charge is 0.476 e. The summed E-state index contributed by atoms with van der Waals surface area (Å²) >= 11 is 0. The highest BCUT2D eigenvalue weighted by Crippen LogP contribution is 2.16. The second-order valence-corrected chi connectivity index (χ2v) is 5.73. The molecule has 2 aromatic heterocycles. The third kappa shape index (κ3) is 4.43. The molecule has 1 aliphatic heterocycles. The SMILES string of the molecule is Cc1ccc(N)c(C(=O)N2CCC2)n1.Cc1ccc(N)c(C(=O)O)n1. The van der Waals surface area contributed by atoms with E-state index in [0.717, 1.165) is 25.2 Å². The van der Waals surface area contributed by atoms with Gasteiger partial charge in [0.15, 0.2) is 11.4 Å². The Kier molecular flexibility index (Phi) is 5.53. The summed E-state index contributed by atoms with van der Waals surface area (Å²) in [7, 11) is 0. The molecule has 0 unspecified atom stereocenters. The molecule has 0 aliphatic carbocycles. The summed E-state index contributed by atoms with van der Waals surface area (Å²) in [4.78, 5) is 31.9. The lowest BCUT2D eigenvalue weighted by Crippen LogP contribution is -2.42. The average molecular weight is 343 g/mol. The number of carbonyl (C=O) groups is 2. The summed E-state index contributed by atoms with van der Waals surface area (Å²) in [6.45, 7) is 5.22. The summed E-state index contributed by atoms with van der Waals surface area (Å²) in [6.07, 6.45) is 1.08. The van der Waals surface area contributed by atoms with Gasteiger partial charge in [0.1, 0.15) is 0 Å². The molecule has 3 rings (SSSR count). The topological polar surface area (TPSA) is 135 Å². The van der Waals surface area contributed by atoms with Crippen LogP contribution in [0.4, 0.5) is 11.4 Å². The van der Waals surface area contributed by atoms with Gasteiger partial charge in [-0.2, -0.15) is 0 Å². The van der Waals surface area contributed by atoms with Gasteiger partial charge in [0.05, 0.1) is 11.4 Å². The van der Waals surface area contributed by atoms with Crippen molar-refractivity contribution in [3.8, 4) is 0 Å². The van der Waals surface area contributed by atoms with Crippen LogP contribution >= 0.6 is 0 Å². The summed E-state index contributed by atoms with van der Waals surface area (Å²) in [6, 6.07) is 6.74. The van der Waals surface area contributed by atoms with Crippen molar-refractivity contribution in [1.82, 2.24) is 14.9 Å². The van der Waals surface area contributed by atoms with Gasteiger partial charge in [-0.05, 0) is 44.5 Å². The number of carbonyl (C=O) groups excluding carboxylic acids is 1. The summed E-state index contributed by atoms with van der Waals surface area (Å²) in [5.74, 6) is -1.14. The molecule has 0 spiro atoms. The highest BCUT2D eigenvalue weighted by molar-refractivity contribution is 5.97. The molecule has 0 radical (unpaired) electrons. The molecule has 1 saturated heterocycles. The van der Waals surface area contributed by atoms with Crippen LogP contribution in [-0.2, 0) is 0 Å². The summed E-state index contributed by atoms with van der Waals surface area (Å²) in [5.41, 5.74) is 13.5. The van der Waals surface area contributed by atoms with Crippen LogP contribution in [0.1, 0.15) is 38.8 Å². The molecule has 1 fully saturated rings. The number of carboxylic acid groups (broad SMARTS) is 1. The molecule has 132 valence electrons. The van der Waals surface area contributed by atoms with Crippen LogP contribution in [-0.4, -0.2) is 44.9 Å². The molecule has 5 N–H and O–H groups in total. The molecule has 0 bridgehead atoms. The highest BCUT2D eigenvalue weighted by atomic mass is 16.4. The number of pyridine rings is 2. The first-order valence-corrected chi connectivity index (χ1v) is 7.78. The van der Waals surface area contributed by atoms with Crippen molar-refractivity contribution < 1.29 is 14.7 Å². The number of hydrogen-bond donors (Lipinski definition) is 3. The van der Waals surface area contributed by atoms with Crippen LogP contribution in [0, 0.1) is 13.8 Å². The number of aryl methyl sites for hydroxylation is 2. The van der Waals surface area contributed by atoms with E-state index in [1.165, 1.54) is 6.07 Å². The molecule has 8 nitrogen and oxygen atoms in total. The molecule has 1 amide bonds. The molecular weight excluding hydrogens is 322 g/mol. The molecule has 0 saturated carbocycles. The first-order valence-electron chi connectivity index (χ1n) is 7.78. The van der Waals surface area contributed by atoms with Crippen molar-refractivity contribution in [3.05, 3.63) is 47.0 Å². The number of hydrogen-bond acceptors (Lipinski definition) is 6. The number of nitrogens with zero attached hydrogens (tertiary/aromatic N) is 3. The first-order chi connectivity index (χ1) is 11.8. The standard InChI is InChI=1S/C10H13N3O.C7H8N2O2/c1-7-3-4-8(11)9(12-7)10(14)13-5-2-6-13;1-4-2-3-5(8)6(9-4)7(10)11/h3-4H,2,5-6,11H2,1H3;2-3H,8H2,1H3,(H,10,11). The van der Waals surface area contributed by atoms with Crippen LogP contribution in [0.15, 0.2) is 24.3 Å². The maximum absolute atomic E-state index is 11.8. The average Bonchev–Trinajstić information content (AvgIpc) is 2.50. The highest BCUT2D eigenvalue weighted by Gasteiger charge is 2.24. The quantitative estimate of drug-likeness (QED) is 0.751. The van der Waals surface area contributed by atoms with Crippen LogP contribution in [0.5, 0.6) is 0 Å². The van der Waals surface area contributed by atoms with Crippen LogP contribution in [0.2, 0.25) is 0 Å². The van der Waals surface area contributed by atoms with Crippen molar-refractivity contribution in [3.63, 3.8) is 0 Å². The summed E-state index contributed by atoms with van der Waals surface area (Å²) in [5, 5.41) is 8.55. The fraction of sp³-hybridized carbons (Fsp3) is 0.294. The lowest BCUT2D eigenvalue weighted by molar-refractivity contribution is 0.0645. The molecule has 25 heavy (non-hydrogen) atoms. The predicted molar refractivity (Wildman–Crippen MR) is 94.3 cm³/mol. The lowest BCUT2D eigenvalue weighted by atomic mass is 10.1. The van der Waals surface area contributed by atoms with Gasteiger partial charge in [-0.25, -0.2) is 14.8 Å².